The fourth-order valence-corrected chi connectivity index (χ4v) is 4.25. The summed E-state index contributed by atoms with van der Waals surface area (Å²) in [6.45, 7) is 0. The molecular weight excluding hydrogens is 441 g/mol. The van der Waals surface area contributed by atoms with Crippen LogP contribution >= 0.6 is 0 Å². The Morgan fingerprint density at radius 2 is 1.79 bits per heavy atom. The van der Waals surface area contributed by atoms with Crippen molar-refractivity contribution in [2.75, 3.05) is 18.7 Å². The Morgan fingerprint density at radius 3 is 2.38 bits per heavy atom. The third-order valence-electron chi connectivity index (χ3n) is 3.01. The van der Waals surface area contributed by atoms with Crippen LogP contribution in [0.3, 0.4) is 0 Å². The van der Waals surface area contributed by atoms with Crippen LogP contribution in [0.5, 0.6) is 11.8 Å². The molecule has 1 aromatic heterocycles. The van der Waals surface area contributed by atoms with Gasteiger partial charge in [0, 0.05) is 6.26 Å². The second-order valence-corrected chi connectivity index (χ2v) is 8.08. The van der Waals surface area contributed by atoms with Gasteiger partial charge in [-0.1, -0.05) is 12.1 Å². The van der Waals surface area contributed by atoms with E-state index in [0.717, 1.165) is 13.2 Å². The molecule has 10 nitrogen and oxygen atoms in total. The van der Waals surface area contributed by atoms with Crippen LogP contribution in [0, 0.1) is 0 Å². The van der Waals surface area contributed by atoms with Crippen LogP contribution in [0.2, 0.25) is 0 Å². The highest BCUT2D eigenvalue weighted by Crippen LogP contribution is 2.25. The van der Waals surface area contributed by atoms with Gasteiger partial charge in [-0.2, -0.15) is 9.97 Å². The largest absolute Gasteiger partial charge is 0.574 e. The van der Waals surface area contributed by atoms with E-state index in [1.165, 1.54) is 24.5 Å². The predicted molar refractivity (Wildman–Crippen MR) is 93.4 cm³/mol. The smallest absolute Gasteiger partial charge is 0.481 e. The van der Waals surface area contributed by atoms with Crippen LogP contribution < -0.4 is 19.5 Å². The number of alkyl halides is 3. The number of amides is 2. The average molecular weight is 454 g/mol. The van der Waals surface area contributed by atoms with Crippen LogP contribution in [0.25, 0.3) is 0 Å². The highest BCUT2D eigenvalue weighted by atomic mass is 32.2. The molecule has 1 heterocycles. The van der Waals surface area contributed by atoms with E-state index in [9.17, 15) is 30.6 Å². The first kappa shape index (κ1) is 22.4. The summed E-state index contributed by atoms with van der Waals surface area (Å²) in [5.74, 6) is -2.10. The summed E-state index contributed by atoms with van der Waals surface area (Å²) < 4.78 is 83.5. The molecule has 1 aromatic carbocycles. The number of hydrogen-bond donors (Lipinski definition) is 2. The van der Waals surface area contributed by atoms with Crippen LogP contribution in [0.4, 0.5) is 23.9 Å². The Kier molecular flexibility index (Phi) is 6.63. The number of carbonyl (C=O) groups excluding carboxylic acids is 1. The minimum absolute atomic E-state index is 0.0497. The van der Waals surface area contributed by atoms with Crippen molar-refractivity contribution in [2.45, 2.75) is 16.2 Å². The molecule has 0 fully saturated rings. The van der Waals surface area contributed by atoms with Crippen LogP contribution in [-0.4, -0.2) is 48.4 Å². The van der Waals surface area contributed by atoms with E-state index in [1.54, 1.807) is 4.72 Å². The Morgan fingerprint density at radius 1 is 1.17 bits per heavy atom. The molecule has 29 heavy (non-hydrogen) atoms. The third kappa shape index (κ3) is 6.28. The highest BCUT2D eigenvalue weighted by Gasteiger charge is 2.32. The zero-order valence-corrected chi connectivity index (χ0v) is 16.3. The monoisotopic (exact) mass is 454 g/mol. The molecule has 1 atom stereocenters. The van der Waals surface area contributed by atoms with Crippen molar-refractivity contribution in [2.24, 2.45) is 0 Å². The lowest BCUT2D eigenvalue weighted by Gasteiger charge is -2.12. The molecule has 0 saturated heterocycles. The first-order chi connectivity index (χ1) is 13.4. The molecule has 0 aliphatic carbocycles. The molecule has 1 unspecified atom stereocenters. The first-order valence-corrected chi connectivity index (χ1v) is 10.4. The zero-order valence-electron chi connectivity index (χ0n) is 14.7. The number of sulfonamides is 1. The topological polar surface area (TPSA) is 137 Å². The number of aromatic nitrogens is 2. The number of ether oxygens (including phenoxy) is 2. The third-order valence-corrected chi connectivity index (χ3v) is 5.50. The van der Waals surface area contributed by atoms with Gasteiger partial charge >= 0.3 is 12.4 Å². The first-order valence-electron chi connectivity index (χ1n) is 7.36. The van der Waals surface area contributed by atoms with Crippen LogP contribution in [0.1, 0.15) is 0 Å². The van der Waals surface area contributed by atoms with Gasteiger partial charge in [0.05, 0.1) is 28.9 Å². The maximum Gasteiger partial charge on any atom is 0.574 e. The number of benzene rings is 1. The number of urea groups is 1. The summed E-state index contributed by atoms with van der Waals surface area (Å²) >= 11 is 0. The number of nitrogens with one attached hydrogen (secondary N) is 2. The quantitative estimate of drug-likeness (QED) is 0.672. The molecule has 158 valence electrons. The molecule has 2 N–H and O–H groups in total. The zero-order chi connectivity index (χ0) is 21.8. The number of rotatable bonds is 6. The van der Waals surface area contributed by atoms with Gasteiger partial charge < -0.3 is 9.47 Å². The van der Waals surface area contributed by atoms with Crippen molar-refractivity contribution < 1.29 is 40.1 Å². The molecular formula is C14H13F3N4O6S2. The van der Waals surface area contributed by atoms with E-state index in [-0.39, 0.29) is 10.8 Å². The van der Waals surface area contributed by atoms with Gasteiger partial charge in [0.2, 0.25) is 17.7 Å². The summed E-state index contributed by atoms with van der Waals surface area (Å²) in [5.41, 5.74) is 0. The van der Waals surface area contributed by atoms with Gasteiger partial charge in [-0.05, 0) is 12.1 Å². The number of nitrogens with zero attached hydrogens (tertiary/aromatic N) is 2. The molecule has 0 radical (unpaired) electrons. The lowest BCUT2D eigenvalue weighted by atomic mass is 10.4. The van der Waals surface area contributed by atoms with Crippen molar-refractivity contribution in [1.29, 1.82) is 0 Å². The van der Waals surface area contributed by atoms with Gasteiger partial charge in [-0.15, -0.1) is 13.2 Å². The van der Waals surface area contributed by atoms with Crippen molar-refractivity contribution in [3.05, 3.63) is 30.3 Å². The second kappa shape index (κ2) is 8.60. The molecule has 2 rings (SSSR count). The summed E-state index contributed by atoms with van der Waals surface area (Å²) in [7, 11) is -5.04. The Bertz CT molecular complexity index is 1050. The van der Waals surface area contributed by atoms with E-state index in [1.807, 2.05) is 5.32 Å². The number of carbonyl (C=O) groups is 1. The number of hydrogen-bond acceptors (Lipinski definition) is 8. The van der Waals surface area contributed by atoms with Crippen molar-refractivity contribution in [1.82, 2.24) is 14.7 Å². The molecule has 0 spiro atoms. The molecule has 15 heteroatoms. The number of halogens is 3. The minimum Gasteiger partial charge on any atom is -0.481 e. The Labute approximate surface area is 165 Å². The molecule has 0 bridgehead atoms. The lowest BCUT2D eigenvalue weighted by Crippen LogP contribution is -2.35. The maximum atomic E-state index is 12.4. The average Bonchev–Trinajstić information content (AvgIpc) is 2.59. The van der Waals surface area contributed by atoms with Crippen LogP contribution in [-0.2, 0) is 20.8 Å². The second-order valence-electron chi connectivity index (χ2n) is 5.08. The molecule has 2 amide bonds. The van der Waals surface area contributed by atoms with Crippen molar-refractivity contribution >= 4 is 32.8 Å². The van der Waals surface area contributed by atoms with E-state index in [0.29, 0.717) is 6.07 Å². The van der Waals surface area contributed by atoms with Gasteiger partial charge in [-0.3, -0.25) is 9.53 Å². The maximum absolute atomic E-state index is 12.4. The van der Waals surface area contributed by atoms with Crippen molar-refractivity contribution in [3.63, 3.8) is 0 Å². The van der Waals surface area contributed by atoms with Gasteiger partial charge in [0.15, 0.2) is 0 Å². The van der Waals surface area contributed by atoms with E-state index < -0.39 is 49.9 Å². The van der Waals surface area contributed by atoms with Gasteiger partial charge in [-0.25, -0.2) is 17.9 Å². The molecule has 0 aliphatic heterocycles. The number of anilines is 1. The highest BCUT2D eigenvalue weighted by molar-refractivity contribution is 7.91. The lowest BCUT2D eigenvalue weighted by molar-refractivity contribution is -0.276. The summed E-state index contributed by atoms with van der Waals surface area (Å²) in [5, 5.41) is 1.86. The molecule has 0 aliphatic rings. The minimum atomic E-state index is -5.07. The SMILES string of the molecule is COc1cc(OC(F)(F)F)nc(NC(=O)NS(=O)(=O)c2ccccc2S(C)=O)n1. The normalized spacial score (nSPS) is 12.7. The Hall–Kier alpha value is -2.94. The fraction of sp³-hybridized carbons (Fsp3) is 0.214. The van der Waals surface area contributed by atoms with Gasteiger partial charge in [0.1, 0.15) is 4.90 Å². The summed E-state index contributed by atoms with van der Waals surface area (Å²) in [4.78, 5) is 18.4. The van der Waals surface area contributed by atoms with Crippen LogP contribution in [0.15, 0.2) is 40.1 Å². The van der Waals surface area contributed by atoms with Crippen molar-refractivity contribution in [3.8, 4) is 11.8 Å². The van der Waals surface area contributed by atoms with E-state index in [2.05, 4.69) is 19.4 Å². The van der Waals surface area contributed by atoms with Gasteiger partial charge in [0.25, 0.3) is 10.0 Å². The number of methoxy groups -OCH3 is 1. The van der Waals surface area contributed by atoms with E-state index >= 15 is 0 Å². The molecule has 2 aromatic rings. The standard InChI is InChI=1S/C14H13F3N4O6S2/c1-26-10-7-11(27-14(15,16)17)19-12(18-10)20-13(22)21-29(24,25)9-6-4-3-5-8(9)28(2)23/h3-7H,1-2H3,(H2,18,19,20,21,22). The fourth-order valence-electron chi connectivity index (χ4n) is 1.95. The summed E-state index contributed by atoms with van der Waals surface area (Å²) in [6.07, 6.45) is -3.82. The van der Waals surface area contributed by atoms with E-state index in [4.69, 9.17) is 0 Å². The summed E-state index contributed by atoms with van der Waals surface area (Å²) in [6, 6.07) is 4.57. The predicted octanol–water partition coefficient (Wildman–Crippen LogP) is 1.63. The molecule has 0 saturated carbocycles. The Balaban J connectivity index is 2.25.